The first-order valence-corrected chi connectivity index (χ1v) is 12.2. The third kappa shape index (κ3) is 7.50. The van der Waals surface area contributed by atoms with Crippen molar-refractivity contribution in [3.05, 3.63) is 60.2 Å². The smallest absolute Gasteiger partial charge is 0.343 e. The summed E-state index contributed by atoms with van der Waals surface area (Å²) >= 11 is 0. The number of carbonyl (C=O) groups is 1. The average molecular weight is 526 g/mol. The summed E-state index contributed by atoms with van der Waals surface area (Å²) in [6.45, 7) is 5.46. The molecule has 0 aliphatic carbocycles. The van der Waals surface area contributed by atoms with Gasteiger partial charge in [-0.3, -0.25) is 0 Å². The number of benzene rings is 2. The number of halogens is 2. The molecule has 2 aliphatic rings. The van der Waals surface area contributed by atoms with E-state index >= 15 is 0 Å². The molecule has 0 bridgehead atoms. The Hall–Kier alpha value is -1.99. The van der Waals surface area contributed by atoms with Crippen LogP contribution in [0.5, 0.6) is 5.75 Å². The average Bonchev–Trinajstić information content (AvgIpc) is 2.88. The van der Waals surface area contributed by atoms with Crippen LogP contribution in [0.3, 0.4) is 0 Å². The molecule has 0 spiro atoms. The lowest BCUT2D eigenvalue weighted by molar-refractivity contribution is -0.970. The van der Waals surface area contributed by atoms with Gasteiger partial charge in [0.2, 0.25) is 0 Å². The maximum Gasteiger partial charge on any atom is 0.343 e. The summed E-state index contributed by atoms with van der Waals surface area (Å²) in [5.74, 6) is 0.323. The Labute approximate surface area is 222 Å². The largest absolute Gasteiger partial charge is 0.482 e. The summed E-state index contributed by atoms with van der Waals surface area (Å²) in [5, 5.41) is 3.55. The molecule has 2 aromatic rings. The summed E-state index contributed by atoms with van der Waals surface area (Å²) in [6.07, 6.45) is 4.93. The Morgan fingerprint density at radius 2 is 1.54 bits per heavy atom. The molecule has 8 heteroatoms. The quantitative estimate of drug-likeness (QED) is 0.408. The molecule has 35 heavy (non-hydrogen) atoms. The number of carbonyl (C=O) groups excluding carboxylic acids is 1. The summed E-state index contributed by atoms with van der Waals surface area (Å²) in [5.41, 5.74) is 2.67. The van der Waals surface area contributed by atoms with Crippen LogP contribution in [0.15, 0.2) is 54.6 Å². The van der Waals surface area contributed by atoms with Crippen LogP contribution in [0.4, 0.5) is 5.69 Å². The first kappa shape index (κ1) is 29.2. The van der Waals surface area contributed by atoms with Crippen LogP contribution in [0.1, 0.15) is 31.2 Å². The van der Waals surface area contributed by atoms with Crippen molar-refractivity contribution in [2.75, 3.05) is 51.8 Å². The first-order chi connectivity index (χ1) is 16.1. The highest BCUT2D eigenvalue weighted by molar-refractivity contribution is 5.85. The Kier molecular flexibility index (Phi) is 11.6. The number of ether oxygens (including phenoxy) is 2. The molecule has 1 atom stereocenters. The van der Waals surface area contributed by atoms with Gasteiger partial charge in [0, 0.05) is 63.1 Å². The Morgan fingerprint density at radius 1 is 0.943 bits per heavy atom. The van der Waals surface area contributed by atoms with E-state index in [4.69, 9.17) is 4.74 Å². The van der Waals surface area contributed by atoms with Crippen LogP contribution in [-0.2, 0) is 16.1 Å². The van der Waals surface area contributed by atoms with Crippen molar-refractivity contribution in [2.24, 2.45) is 0 Å². The van der Waals surface area contributed by atoms with Gasteiger partial charge >= 0.3 is 5.97 Å². The molecule has 2 fully saturated rings. The van der Waals surface area contributed by atoms with E-state index in [-0.39, 0.29) is 37.4 Å². The van der Waals surface area contributed by atoms with Crippen LogP contribution in [-0.4, -0.2) is 69.5 Å². The van der Waals surface area contributed by atoms with E-state index in [1.54, 1.807) is 0 Å². The fraction of sp³-hybridized carbons (Fsp3) is 0.519. The fourth-order valence-corrected chi connectivity index (χ4v) is 5.60. The number of rotatable bonds is 8. The predicted octanol–water partition coefficient (Wildman–Crippen LogP) is 4.45. The van der Waals surface area contributed by atoms with Gasteiger partial charge in [-0.25, -0.2) is 4.79 Å². The number of quaternary nitrogens is 1. The van der Waals surface area contributed by atoms with Gasteiger partial charge < -0.3 is 24.2 Å². The highest BCUT2D eigenvalue weighted by Crippen LogP contribution is 2.33. The van der Waals surface area contributed by atoms with Gasteiger partial charge in [-0.15, -0.1) is 24.8 Å². The molecule has 2 heterocycles. The Balaban J connectivity index is 0.00000216. The number of esters is 1. The highest BCUT2D eigenvalue weighted by atomic mass is 35.5. The summed E-state index contributed by atoms with van der Waals surface area (Å²) in [6, 6.07) is 20.5. The zero-order valence-corrected chi connectivity index (χ0v) is 22.5. The summed E-state index contributed by atoms with van der Waals surface area (Å²) in [4.78, 5) is 13.8. The fourth-order valence-electron chi connectivity index (χ4n) is 5.60. The predicted molar refractivity (Wildman–Crippen MR) is 146 cm³/mol. The molecule has 0 saturated carbocycles. The molecule has 0 aromatic heterocycles. The number of piperidine rings is 2. The molecule has 0 amide bonds. The molecule has 1 N–H and O–H groups in total. The van der Waals surface area contributed by atoms with Crippen molar-refractivity contribution >= 4 is 36.5 Å². The van der Waals surface area contributed by atoms with Gasteiger partial charge in [-0.2, -0.15) is 0 Å². The monoisotopic (exact) mass is 524 g/mol. The van der Waals surface area contributed by atoms with E-state index in [1.165, 1.54) is 44.0 Å². The van der Waals surface area contributed by atoms with E-state index in [2.05, 4.69) is 64.5 Å². The summed E-state index contributed by atoms with van der Waals surface area (Å²) in [7, 11) is 3.88. The number of hydrogen-bond donors (Lipinski definition) is 1. The van der Waals surface area contributed by atoms with Gasteiger partial charge in [-0.1, -0.05) is 30.3 Å². The maximum absolute atomic E-state index is 11.3. The zero-order valence-electron chi connectivity index (χ0n) is 20.9. The van der Waals surface area contributed by atoms with Crippen molar-refractivity contribution in [3.8, 4) is 5.75 Å². The van der Waals surface area contributed by atoms with Crippen molar-refractivity contribution in [2.45, 2.75) is 44.3 Å². The SMILES string of the molecule is COC(=O)COc1ccc(N2CCC([N+](C)(Cc3ccccc3)C3CCNCC3)CC2)cc1.Cl.Cl. The third-order valence-corrected chi connectivity index (χ3v) is 7.59. The molecule has 2 saturated heterocycles. The van der Waals surface area contributed by atoms with Crippen LogP contribution in [0.25, 0.3) is 0 Å². The lowest BCUT2D eigenvalue weighted by Crippen LogP contribution is -2.62. The minimum absolute atomic E-state index is 0. The van der Waals surface area contributed by atoms with E-state index in [0.717, 1.165) is 37.2 Å². The van der Waals surface area contributed by atoms with E-state index in [1.807, 2.05) is 12.1 Å². The molecule has 4 rings (SSSR count). The van der Waals surface area contributed by atoms with Crippen LogP contribution in [0.2, 0.25) is 0 Å². The molecule has 6 nitrogen and oxygen atoms in total. The minimum Gasteiger partial charge on any atom is -0.482 e. The second-order valence-electron chi connectivity index (χ2n) is 9.55. The van der Waals surface area contributed by atoms with E-state index < -0.39 is 0 Å². The lowest BCUT2D eigenvalue weighted by Gasteiger charge is -2.51. The Morgan fingerprint density at radius 3 is 2.14 bits per heavy atom. The topological polar surface area (TPSA) is 50.8 Å². The van der Waals surface area contributed by atoms with Crippen LogP contribution < -0.4 is 15.0 Å². The van der Waals surface area contributed by atoms with Gasteiger partial charge in [-0.05, 0) is 24.3 Å². The molecular formula is C27H40Cl2N3O3+. The number of hydrogen-bond acceptors (Lipinski definition) is 5. The van der Waals surface area contributed by atoms with Crippen LogP contribution in [0, 0.1) is 0 Å². The highest BCUT2D eigenvalue weighted by Gasteiger charge is 2.42. The number of anilines is 1. The molecule has 1 unspecified atom stereocenters. The van der Waals surface area contributed by atoms with Crippen molar-refractivity contribution in [1.82, 2.24) is 5.32 Å². The van der Waals surface area contributed by atoms with Crippen molar-refractivity contribution in [1.29, 1.82) is 0 Å². The number of nitrogens with zero attached hydrogens (tertiary/aromatic N) is 2. The van der Waals surface area contributed by atoms with Gasteiger partial charge in [0.25, 0.3) is 0 Å². The van der Waals surface area contributed by atoms with Crippen LogP contribution >= 0.6 is 24.8 Å². The van der Waals surface area contributed by atoms with Gasteiger partial charge in [0.15, 0.2) is 6.61 Å². The summed E-state index contributed by atoms with van der Waals surface area (Å²) < 4.78 is 11.3. The molecule has 2 aliphatic heterocycles. The maximum atomic E-state index is 11.3. The van der Waals surface area contributed by atoms with E-state index in [0.29, 0.717) is 17.8 Å². The molecule has 0 radical (unpaired) electrons. The van der Waals surface area contributed by atoms with Gasteiger partial charge in [0.1, 0.15) is 12.3 Å². The second kappa shape index (κ2) is 13.9. The second-order valence-corrected chi connectivity index (χ2v) is 9.55. The third-order valence-electron chi connectivity index (χ3n) is 7.59. The lowest BCUT2D eigenvalue weighted by atomic mass is 9.92. The molecule has 194 valence electrons. The molecule has 2 aromatic carbocycles. The van der Waals surface area contributed by atoms with E-state index in [9.17, 15) is 4.79 Å². The normalized spacial score (nSPS) is 18.5. The van der Waals surface area contributed by atoms with Crippen molar-refractivity contribution < 1.29 is 18.8 Å². The zero-order chi connectivity index (χ0) is 23.1. The number of nitrogens with one attached hydrogen (secondary N) is 1. The first-order valence-electron chi connectivity index (χ1n) is 12.2. The standard InChI is InChI=1S/C27H38N3O3.2ClH/c1-30(24-12-16-28-17-13-24,20-22-6-4-3-5-7-22)25-14-18-29(19-15-25)23-8-10-26(11-9-23)33-21-27(31)32-2;;/h3-11,24-25,28H,12-21H2,1-2H3;2*1H/q+1;;. The molecular weight excluding hydrogens is 485 g/mol. The van der Waals surface area contributed by atoms with Crippen molar-refractivity contribution in [3.63, 3.8) is 0 Å². The Bertz CT molecular complexity index is 886. The van der Waals surface area contributed by atoms with Gasteiger partial charge in [0.05, 0.1) is 26.2 Å². The minimum atomic E-state index is -0.369. The number of methoxy groups -OCH3 is 1.